The van der Waals surface area contributed by atoms with Crippen LogP contribution in [0.4, 0.5) is 0 Å². The molecule has 0 fully saturated rings. The second-order valence-corrected chi connectivity index (χ2v) is 3.97. The first-order chi connectivity index (χ1) is 7.48. The van der Waals surface area contributed by atoms with Gasteiger partial charge in [0, 0.05) is 0 Å². The second-order valence-electron chi connectivity index (χ2n) is 2.95. The maximum atomic E-state index is 10.7. The molecule has 0 rings (SSSR count). The average molecular weight is 359 g/mol. The molecule has 0 aliphatic carbocycles. The van der Waals surface area contributed by atoms with Crippen LogP contribution in [0.25, 0.3) is 0 Å². The number of aliphatic carboxylic acids is 3. The summed E-state index contributed by atoms with van der Waals surface area (Å²) in [5.74, 6) is -5.76. The van der Waals surface area contributed by atoms with Gasteiger partial charge in [-0.3, -0.25) is 14.1 Å². The number of hydrogen-bond donors (Lipinski definition) is 4. The molecule has 0 heterocycles. The van der Waals surface area contributed by atoms with E-state index in [-0.39, 0.29) is 65.0 Å². The first kappa shape index (κ1) is 28.5. The summed E-state index contributed by atoms with van der Waals surface area (Å²) in [6.07, 6.45) is -2.90. The summed E-state index contributed by atoms with van der Waals surface area (Å²) in [6, 6.07) is 0. The molecule has 0 unspecified atom stereocenters. The predicted octanol–water partition coefficient (Wildman–Crippen LogP) is -2.56. The SMILES string of the molecule is Cl.O=C(O)CC(CC(=O)O)(OS(=O)(=O)O)C(=O)O.[MgH2].[NaH]. The van der Waals surface area contributed by atoms with Gasteiger partial charge in [0.15, 0.2) is 0 Å². The van der Waals surface area contributed by atoms with E-state index in [1.165, 1.54) is 0 Å². The fraction of sp³-hybridized carbons (Fsp3) is 0.500. The van der Waals surface area contributed by atoms with Crippen molar-refractivity contribution in [2.24, 2.45) is 0 Å². The second kappa shape index (κ2) is 11.0. The molecule has 0 aromatic rings. The monoisotopic (exact) mass is 358 g/mol. The van der Waals surface area contributed by atoms with E-state index in [2.05, 4.69) is 4.18 Å². The summed E-state index contributed by atoms with van der Waals surface area (Å²) in [7, 11) is -5.33. The van der Waals surface area contributed by atoms with Crippen LogP contribution in [0, 0.1) is 0 Å². The summed E-state index contributed by atoms with van der Waals surface area (Å²) in [5, 5.41) is 25.4. The van der Waals surface area contributed by atoms with E-state index in [1.807, 2.05) is 0 Å². The normalized spacial score (nSPS) is 10.2. The average Bonchev–Trinajstić information content (AvgIpc) is 1.96. The fourth-order valence-corrected chi connectivity index (χ4v) is 1.59. The fourth-order valence-electron chi connectivity index (χ4n) is 0.998. The molecule has 0 aliphatic rings. The zero-order valence-corrected chi connectivity index (χ0v) is 10.1. The first-order valence-corrected chi connectivity index (χ1v) is 5.20. The van der Waals surface area contributed by atoms with Crippen LogP contribution >= 0.6 is 12.4 Å². The topological polar surface area (TPSA) is 175 Å². The molecule has 20 heavy (non-hydrogen) atoms. The Kier molecular flexibility index (Phi) is 15.6. The molecular weight excluding hydrogens is 347 g/mol. The molecule has 112 valence electrons. The van der Waals surface area contributed by atoms with E-state index in [0.29, 0.717) is 0 Å². The molecule has 0 aliphatic heterocycles. The van der Waals surface area contributed by atoms with Gasteiger partial charge in [-0.2, -0.15) is 8.42 Å². The third-order valence-corrected chi connectivity index (χ3v) is 2.06. The number of carboxylic acid groups (broad SMARTS) is 3. The Hall–Kier alpha value is 0.336. The third-order valence-electron chi connectivity index (χ3n) is 1.53. The van der Waals surface area contributed by atoms with E-state index >= 15 is 0 Å². The van der Waals surface area contributed by atoms with Crippen LogP contribution in [0.3, 0.4) is 0 Å². The van der Waals surface area contributed by atoms with Gasteiger partial charge < -0.3 is 15.3 Å². The van der Waals surface area contributed by atoms with E-state index < -0.39 is 46.7 Å². The van der Waals surface area contributed by atoms with Gasteiger partial charge in [0.1, 0.15) is 0 Å². The van der Waals surface area contributed by atoms with E-state index in [4.69, 9.17) is 19.9 Å². The van der Waals surface area contributed by atoms with Crippen molar-refractivity contribution in [3.8, 4) is 0 Å². The van der Waals surface area contributed by atoms with E-state index in [0.717, 1.165) is 0 Å². The molecule has 0 radical (unpaired) electrons. The van der Waals surface area contributed by atoms with Crippen molar-refractivity contribution in [1.82, 2.24) is 0 Å². The van der Waals surface area contributed by atoms with Crippen LogP contribution in [0.5, 0.6) is 0 Å². The molecule has 0 spiro atoms. The van der Waals surface area contributed by atoms with Gasteiger partial charge in [-0.15, -0.1) is 12.4 Å². The van der Waals surface area contributed by atoms with Gasteiger partial charge in [-0.1, -0.05) is 0 Å². The zero-order valence-electron chi connectivity index (χ0n) is 8.47. The summed E-state index contributed by atoms with van der Waals surface area (Å²) in [6.45, 7) is 0. The van der Waals surface area contributed by atoms with Crippen molar-refractivity contribution in [3.63, 3.8) is 0 Å². The Bertz CT molecular complexity index is 435. The Labute approximate surface area is 157 Å². The van der Waals surface area contributed by atoms with Crippen LogP contribution in [0.2, 0.25) is 0 Å². The van der Waals surface area contributed by atoms with Gasteiger partial charge in [-0.05, 0) is 0 Å². The van der Waals surface area contributed by atoms with Crippen molar-refractivity contribution >= 4 is 93.3 Å². The van der Waals surface area contributed by atoms with Gasteiger partial charge in [0.05, 0.1) is 12.8 Å². The predicted molar refractivity (Wildman–Crippen MR) is 70.4 cm³/mol. The molecule has 0 saturated carbocycles. The maximum absolute atomic E-state index is 10.7. The Balaban J connectivity index is -0.000000427. The molecule has 0 aromatic carbocycles. The zero-order chi connectivity index (χ0) is 13.9. The molecule has 4 N–H and O–H groups in total. The van der Waals surface area contributed by atoms with Gasteiger partial charge >= 0.3 is 80.9 Å². The minimum atomic E-state index is -5.33. The molecule has 0 saturated heterocycles. The number of carbonyl (C=O) groups is 3. The van der Waals surface area contributed by atoms with Gasteiger partial charge in [0.25, 0.3) is 0 Å². The molecule has 10 nitrogen and oxygen atoms in total. The number of hydrogen-bond acceptors (Lipinski definition) is 6. The van der Waals surface area contributed by atoms with Crippen LogP contribution in [-0.4, -0.2) is 104 Å². The van der Waals surface area contributed by atoms with Crippen LogP contribution < -0.4 is 0 Å². The standard InChI is InChI=1S/C6H8O10S.ClH.Mg.Na.3H/c7-3(8)1-6(5(11)12,2-4(9)10)16-17(13,14)15;;;;;;/h1-2H2,(H,7,8)(H,9,10)(H,11,12)(H,13,14,15);1H;;;;;. The van der Waals surface area contributed by atoms with Crippen molar-refractivity contribution < 1.29 is 46.9 Å². The number of halogens is 1. The van der Waals surface area contributed by atoms with Crippen LogP contribution in [-0.2, 0) is 29.0 Å². The summed E-state index contributed by atoms with van der Waals surface area (Å²) < 4.78 is 32.8. The van der Waals surface area contributed by atoms with Crippen LogP contribution in [0.1, 0.15) is 12.8 Å². The summed E-state index contributed by atoms with van der Waals surface area (Å²) in [4.78, 5) is 31.5. The first-order valence-electron chi connectivity index (χ1n) is 3.83. The number of rotatable bonds is 7. The van der Waals surface area contributed by atoms with Crippen molar-refractivity contribution in [1.29, 1.82) is 0 Å². The molecular formula is C6H12ClMgNaO10S. The quantitative estimate of drug-likeness (QED) is 0.279. The third kappa shape index (κ3) is 11.0. The van der Waals surface area contributed by atoms with Crippen LogP contribution in [0.15, 0.2) is 0 Å². The number of carboxylic acids is 3. The summed E-state index contributed by atoms with van der Waals surface area (Å²) in [5.41, 5.74) is -3.09. The Morgan fingerprint density at radius 2 is 1.30 bits per heavy atom. The molecule has 0 bridgehead atoms. The van der Waals surface area contributed by atoms with Gasteiger partial charge in [0.2, 0.25) is 5.60 Å². The molecule has 14 heteroatoms. The summed E-state index contributed by atoms with van der Waals surface area (Å²) >= 11 is 0. The van der Waals surface area contributed by atoms with Crippen molar-refractivity contribution in [2.45, 2.75) is 18.4 Å². The van der Waals surface area contributed by atoms with E-state index in [9.17, 15) is 22.8 Å². The van der Waals surface area contributed by atoms with E-state index in [1.54, 1.807) is 0 Å². The van der Waals surface area contributed by atoms with Crippen molar-refractivity contribution in [2.75, 3.05) is 0 Å². The van der Waals surface area contributed by atoms with Gasteiger partial charge in [-0.25, -0.2) is 8.98 Å². The minimum absolute atomic E-state index is 0. The van der Waals surface area contributed by atoms with Crippen molar-refractivity contribution in [3.05, 3.63) is 0 Å². The molecule has 0 aromatic heterocycles. The Morgan fingerprint density at radius 3 is 1.45 bits per heavy atom. The Morgan fingerprint density at radius 1 is 1.00 bits per heavy atom. The molecule has 0 amide bonds. The molecule has 0 atom stereocenters.